The van der Waals surface area contributed by atoms with Gasteiger partial charge in [0.1, 0.15) is 18.2 Å². The van der Waals surface area contributed by atoms with Crippen LogP contribution < -0.4 is 10.2 Å². The third kappa shape index (κ3) is 3.12. The largest absolute Gasteiger partial charge is 0.377 e. The molecule has 0 spiro atoms. The Morgan fingerprint density at radius 1 is 1.24 bits per heavy atom. The molecule has 1 N–H and O–H groups in total. The molecule has 1 aromatic heterocycles. The van der Waals surface area contributed by atoms with Gasteiger partial charge in [0, 0.05) is 32.8 Å². The first-order valence-corrected chi connectivity index (χ1v) is 8.13. The van der Waals surface area contributed by atoms with Crippen molar-refractivity contribution in [3.05, 3.63) is 11.9 Å². The van der Waals surface area contributed by atoms with Crippen molar-refractivity contribution in [2.45, 2.75) is 51.2 Å². The Kier molecular flexibility index (Phi) is 4.58. The van der Waals surface area contributed by atoms with Gasteiger partial charge in [-0.25, -0.2) is 9.97 Å². The van der Waals surface area contributed by atoms with Gasteiger partial charge in [0.05, 0.1) is 0 Å². The Balaban J connectivity index is 1.88. The van der Waals surface area contributed by atoms with E-state index in [1.807, 2.05) is 7.05 Å². The molecule has 1 aromatic rings. The van der Waals surface area contributed by atoms with Crippen molar-refractivity contribution in [3.8, 4) is 0 Å². The molecule has 0 aromatic carbocycles. The minimum absolute atomic E-state index is 0.463. The molecule has 1 saturated heterocycles. The summed E-state index contributed by atoms with van der Waals surface area (Å²) in [6.07, 6.45) is 8.11. The van der Waals surface area contributed by atoms with E-state index in [0.29, 0.717) is 12.6 Å². The molecule has 0 radical (unpaired) electrons. The van der Waals surface area contributed by atoms with Crippen LogP contribution in [0.15, 0.2) is 6.07 Å². The quantitative estimate of drug-likeness (QED) is 0.924. The number of nitrogens with zero attached hydrogens (tertiary/aromatic N) is 3. The average molecular weight is 290 g/mol. The first-order valence-electron chi connectivity index (χ1n) is 8.13. The number of rotatable bonds is 4. The smallest absolute Gasteiger partial charge is 0.158 e. The molecule has 1 aliphatic heterocycles. The summed E-state index contributed by atoms with van der Waals surface area (Å²) in [6, 6.07) is 2.75. The van der Waals surface area contributed by atoms with Crippen LogP contribution in [0.4, 0.5) is 11.6 Å². The van der Waals surface area contributed by atoms with E-state index in [9.17, 15) is 0 Å². The predicted octanol–water partition coefficient (Wildman–Crippen LogP) is 2.82. The first-order chi connectivity index (χ1) is 10.3. The Hall–Kier alpha value is -1.36. The third-order valence-corrected chi connectivity index (χ3v) is 4.83. The Labute approximate surface area is 127 Å². The normalized spacial score (nSPS) is 25.5. The lowest BCUT2D eigenvalue weighted by Crippen LogP contribution is -2.47. The fraction of sp³-hybridized carbons (Fsp3) is 0.750. The molecule has 0 bridgehead atoms. The van der Waals surface area contributed by atoms with E-state index in [1.54, 1.807) is 7.11 Å². The maximum atomic E-state index is 5.21. The molecular weight excluding hydrogens is 264 g/mol. The van der Waals surface area contributed by atoms with Crippen molar-refractivity contribution in [2.24, 2.45) is 5.92 Å². The van der Waals surface area contributed by atoms with Gasteiger partial charge in [-0.3, -0.25) is 0 Å². The molecule has 2 heterocycles. The first kappa shape index (κ1) is 14.6. The summed E-state index contributed by atoms with van der Waals surface area (Å²) in [7, 11) is 3.59. The molecule has 0 amide bonds. The third-order valence-electron chi connectivity index (χ3n) is 4.83. The van der Waals surface area contributed by atoms with Crippen molar-refractivity contribution in [1.29, 1.82) is 0 Å². The van der Waals surface area contributed by atoms with Gasteiger partial charge < -0.3 is 15.0 Å². The molecule has 2 aliphatic rings. The fourth-order valence-electron chi connectivity index (χ4n) is 3.86. The summed E-state index contributed by atoms with van der Waals surface area (Å²) in [6.45, 7) is 1.58. The maximum Gasteiger partial charge on any atom is 0.158 e. The molecule has 116 valence electrons. The van der Waals surface area contributed by atoms with Gasteiger partial charge in [-0.1, -0.05) is 12.8 Å². The lowest BCUT2D eigenvalue weighted by Gasteiger charge is -2.44. The minimum Gasteiger partial charge on any atom is -0.377 e. The lowest BCUT2D eigenvalue weighted by atomic mass is 9.78. The van der Waals surface area contributed by atoms with Crippen LogP contribution in [0.5, 0.6) is 0 Å². The summed E-state index contributed by atoms with van der Waals surface area (Å²) in [5.74, 6) is 3.56. The molecule has 0 unspecified atom stereocenters. The van der Waals surface area contributed by atoms with Crippen LogP contribution in [0.3, 0.4) is 0 Å². The zero-order chi connectivity index (χ0) is 14.7. The molecule has 5 heteroatoms. The van der Waals surface area contributed by atoms with Gasteiger partial charge in [0.15, 0.2) is 5.82 Å². The van der Waals surface area contributed by atoms with E-state index in [0.717, 1.165) is 29.9 Å². The number of fused-ring (bicyclic) bond motifs is 1. The SMILES string of the molecule is CNc1cc(N2CCC[C@H]3CCCC[C@H]32)nc(COC)n1. The molecule has 21 heavy (non-hydrogen) atoms. The van der Waals surface area contributed by atoms with E-state index in [-0.39, 0.29) is 0 Å². The number of anilines is 2. The Morgan fingerprint density at radius 2 is 2.05 bits per heavy atom. The number of ether oxygens (including phenoxy) is 1. The monoisotopic (exact) mass is 290 g/mol. The Bertz CT molecular complexity index is 477. The van der Waals surface area contributed by atoms with E-state index >= 15 is 0 Å². The van der Waals surface area contributed by atoms with Crippen molar-refractivity contribution >= 4 is 11.6 Å². The van der Waals surface area contributed by atoms with Gasteiger partial charge >= 0.3 is 0 Å². The van der Waals surface area contributed by atoms with E-state index in [4.69, 9.17) is 9.72 Å². The number of piperidine rings is 1. The Morgan fingerprint density at radius 3 is 2.86 bits per heavy atom. The molecule has 3 rings (SSSR count). The molecular formula is C16H26N4O. The fourth-order valence-corrected chi connectivity index (χ4v) is 3.86. The predicted molar refractivity (Wildman–Crippen MR) is 84.6 cm³/mol. The van der Waals surface area contributed by atoms with Crippen LogP contribution in [0.1, 0.15) is 44.3 Å². The van der Waals surface area contributed by atoms with Crippen LogP contribution >= 0.6 is 0 Å². The van der Waals surface area contributed by atoms with E-state index in [1.165, 1.54) is 38.5 Å². The lowest BCUT2D eigenvalue weighted by molar-refractivity contribution is 0.177. The summed E-state index contributed by atoms with van der Waals surface area (Å²) < 4.78 is 5.21. The topological polar surface area (TPSA) is 50.3 Å². The highest BCUT2D eigenvalue weighted by atomic mass is 16.5. The van der Waals surface area contributed by atoms with Crippen LogP contribution in [-0.4, -0.2) is 36.7 Å². The number of methoxy groups -OCH3 is 1. The second kappa shape index (κ2) is 6.60. The van der Waals surface area contributed by atoms with E-state index in [2.05, 4.69) is 21.3 Å². The van der Waals surface area contributed by atoms with Crippen molar-refractivity contribution in [3.63, 3.8) is 0 Å². The van der Waals surface area contributed by atoms with Crippen LogP contribution in [0.25, 0.3) is 0 Å². The van der Waals surface area contributed by atoms with Gasteiger partial charge in [-0.05, 0) is 31.6 Å². The number of nitrogens with one attached hydrogen (secondary N) is 1. The van der Waals surface area contributed by atoms with Crippen LogP contribution in [0, 0.1) is 5.92 Å². The number of hydrogen-bond donors (Lipinski definition) is 1. The maximum absolute atomic E-state index is 5.21. The van der Waals surface area contributed by atoms with Gasteiger partial charge in [-0.2, -0.15) is 0 Å². The molecule has 5 nitrogen and oxygen atoms in total. The van der Waals surface area contributed by atoms with Gasteiger partial charge in [-0.15, -0.1) is 0 Å². The van der Waals surface area contributed by atoms with Crippen molar-refractivity contribution in [1.82, 2.24) is 9.97 Å². The summed E-state index contributed by atoms with van der Waals surface area (Å²) in [4.78, 5) is 11.7. The zero-order valence-electron chi connectivity index (χ0n) is 13.1. The van der Waals surface area contributed by atoms with Crippen molar-refractivity contribution < 1.29 is 4.74 Å². The molecule has 2 atom stereocenters. The highest BCUT2D eigenvalue weighted by Crippen LogP contribution is 2.37. The summed E-state index contributed by atoms with van der Waals surface area (Å²) in [5, 5.41) is 3.14. The second-order valence-corrected chi connectivity index (χ2v) is 6.16. The summed E-state index contributed by atoms with van der Waals surface area (Å²) >= 11 is 0. The highest BCUT2D eigenvalue weighted by molar-refractivity contribution is 5.50. The van der Waals surface area contributed by atoms with E-state index < -0.39 is 0 Å². The minimum atomic E-state index is 0.463. The number of hydrogen-bond acceptors (Lipinski definition) is 5. The van der Waals surface area contributed by atoms with Crippen molar-refractivity contribution in [2.75, 3.05) is 30.9 Å². The number of aromatic nitrogens is 2. The van der Waals surface area contributed by atoms with Gasteiger partial charge in [0.25, 0.3) is 0 Å². The molecule has 1 saturated carbocycles. The van der Waals surface area contributed by atoms with Gasteiger partial charge in [0.2, 0.25) is 0 Å². The van der Waals surface area contributed by atoms with Crippen LogP contribution in [0.2, 0.25) is 0 Å². The standard InChI is InChI=1S/C16H26N4O/c1-17-14-10-16(19-15(18-14)11-21-2)20-9-5-7-12-6-3-4-8-13(12)20/h10,12-13H,3-9,11H2,1-2H3,(H,17,18,19)/t12-,13-/m1/s1. The summed E-state index contributed by atoms with van der Waals surface area (Å²) in [5.41, 5.74) is 0. The molecule has 2 fully saturated rings. The second-order valence-electron chi connectivity index (χ2n) is 6.16. The zero-order valence-corrected chi connectivity index (χ0v) is 13.1. The molecule has 1 aliphatic carbocycles. The highest BCUT2D eigenvalue weighted by Gasteiger charge is 2.34. The average Bonchev–Trinajstić information content (AvgIpc) is 2.54. The van der Waals surface area contributed by atoms with Crippen LogP contribution in [-0.2, 0) is 11.3 Å².